The highest BCUT2D eigenvalue weighted by Gasteiger charge is 2.02. The molecule has 2 aromatic rings. The molecule has 0 spiro atoms. The van der Waals surface area contributed by atoms with Crippen LogP contribution in [-0.2, 0) is 13.2 Å². The van der Waals surface area contributed by atoms with Crippen molar-refractivity contribution in [3.8, 4) is 11.8 Å². The summed E-state index contributed by atoms with van der Waals surface area (Å²) >= 11 is 0. The molecule has 0 amide bonds. The summed E-state index contributed by atoms with van der Waals surface area (Å²) in [4.78, 5) is 8.11. The van der Waals surface area contributed by atoms with E-state index in [0.29, 0.717) is 18.0 Å². The van der Waals surface area contributed by atoms with Crippen molar-refractivity contribution in [3.63, 3.8) is 0 Å². The molecule has 88 valence electrons. The Morgan fingerprint density at radius 2 is 2.18 bits per heavy atom. The van der Waals surface area contributed by atoms with E-state index in [1.807, 2.05) is 6.07 Å². The molecule has 0 aliphatic carbocycles. The average molecular weight is 231 g/mol. The fourth-order valence-electron chi connectivity index (χ4n) is 1.35. The van der Waals surface area contributed by atoms with Gasteiger partial charge in [-0.1, -0.05) is 12.1 Å². The third kappa shape index (κ3) is 2.99. The van der Waals surface area contributed by atoms with Gasteiger partial charge in [0.1, 0.15) is 5.75 Å². The zero-order valence-corrected chi connectivity index (χ0v) is 9.21. The Balaban J connectivity index is 2.18. The lowest BCUT2D eigenvalue weighted by Gasteiger charge is -2.05. The molecular weight excluding hydrogens is 218 g/mol. The minimum Gasteiger partial charge on any atom is -0.424 e. The highest BCUT2D eigenvalue weighted by Crippen LogP contribution is 2.18. The van der Waals surface area contributed by atoms with Gasteiger partial charge in [-0.05, 0) is 23.8 Å². The largest absolute Gasteiger partial charge is 0.424 e. The molecule has 0 saturated heterocycles. The van der Waals surface area contributed by atoms with Crippen LogP contribution < -0.4 is 10.5 Å². The molecule has 2 rings (SSSR count). The Hall–Kier alpha value is -1.98. The first kappa shape index (κ1) is 11.5. The first-order valence-electron chi connectivity index (χ1n) is 5.21. The normalized spacial score (nSPS) is 10.2. The van der Waals surface area contributed by atoms with Crippen LogP contribution in [0.25, 0.3) is 0 Å². The van der Waals surface area contributed by atoms with Crippen molar-refractivity contribution < 1.29 is 9.84 Å². The van der Waals surface area contributed by atoms with E-state index in [1.165, 1.54) is 0 Å². The number of aliphatic hydroxyl groups is 1. The van der Waals surface area contributed by atoms with Crippen molar-refractivity contribution in [2.24, 2.45) is 5.73 Å². The summed E-state index contributed by atoms with van der Waals surface area (Å²) in [6.45, 7) is 0.316. The van der Waals surface area contributed by atoms with E-state index >= 15 is 0 Å². The second kappa shape index (κ2) is 5.38. The van der Waals surface area contributed by atoms with Crippen LogP contribution in [0.5, 0.6) is 11.8 Å². The maximum atomic E-state index is 9.01. The summed E-state index contributed by atoms with van der Waals surface area (Å²) in [5, 5.41) is 9.01. The maximum Gasteiger partial charge on any atom is 0.322 e. The third-order valence-corrected chi connectivity index (χ3v) is 2.19. The summed E-state index contributed by atoms with van der Waals surface area (Å²) < 4.78 is 5.47. The molecule has 0 radical (unpaired) electrons. The highest BCUT2D eigenvalue weighted by atomic mass is 16.5. The standard InChI is InChI=1S/C12H13N3O2/c13-7-10-4-5-14-12(15-10)17-11-3-1-2-9(6-11)8-16/h1-6,16H,7-8,13H2. The number of aliphatic hydroxyl groups excluding tert-OH is 1. The molecule has 1 heterocycles. The summed E-state index contributed by atoms with van der Waals surface area (Å²) in [6, 6.07) is 9.10. The molecule has 0 aliphatic rings. The first-order valence-corrected chi connectivity index (χ1v) is 5.21. The molecular formula is C12H13N3O2. The molecule has 5 nitrogen and oxygen atoms in total. The monoisotopic (exact) mass is 231 g/mol. The Morgan fingerprint density at radius 1 is 1.29 bits per heavy atom. The van der Waals surface area contributed by atoms with Gasteiger partial charge in [0.2, 0.25) is 0 Å². The van der Waals surface area contributed by atoms with E-state index in [1.54, 1.807) is 30.5 Å². The van der Waals surface area contributed by atoms with E-state index in [0.717, 1.165) is 5.56 Å². The number of ether oxygens (including phenoxy) is 1. The smallest absolute Gasteiger partial charge is 0.322 e. The van der Waals surface area contributed by atoms with Gasteiger partial charge in [0.25, 0.3) is 0 Å². The minimum absolute atomic E-state index is 0.0269. The number of rotatable bonds is 4. The average Bonchev–Trinajstić information content (AvgIpc) is 2.39. The second-order valence-corrected chi connectivity index (χ2v) is 3.44. The van der Waals surface area contributed by atoms with Crippen molar-refractivity contribution >= 4 is 0 Å². The zero-order valence-electron chi connectivity index (χ0n) is 9.21. The van der Waals surface area contributed by atoms with Crippen LogP contribution in [0.15, 0.2) is 36.5 Å². The maximum absolute atomic E-state index is 9.01. The van der Waals surface area contributed by atoms with Crippen LogP contribution in [0, 0.1) is 0 Å². The van der Waals surface area contributed by atoms with Gasteiger partial charge < -0.3 is 15.6 Å². The molecule has 17 heavy (non-hydrogen) atoms. The van der Waals surface area contributed by atoms with Crippen molar-refractivity contribution in [1.82, 2.24) is 9.97 Å². The van der Waals surface area contributed by atoms with Crippen molar-refractivity contribution in [3.05, 3.63) is 47.8 Å². The van der Waals surface area contributed by atoms with Gasteiger partial charge in [-0.2, -0.15) is 4.98 Å². The van der Waals surface area contributed by atoms with Gasteiger partial charge in [-0.15, -0.1) is 0 Å². The van der Waals surface area contributed by atoms with E-state index in [-0.39, 0.29) is 12.6 Å². The highest BCUT2D eigenvalue weighted by molar-refractivity contribution is 5.30. The predicted octanol–water partition coefficient (Wildman–Crippen LogP) is 1.22. The number of benzene rings is 1. The minimum atomic E-state index is -0.0269. The van der Waals surface area contributed by atoms with Gasteiger partial charge >= 0.3 is 6.01 Å². The SMILES string of the molecule is NCc1ccnc(Oc2cccc(CO)c2)n1. The Bertz CT molecular complexity index is 457. The summed E-state index contributed by atoms with van der Waals surface area (Å²) in [7, 11) is 0. The fourth-order valence-corrected chi connectivity index (χ4v) is 1.35. The van der Waals surface area contributed by atoms with Crippen LogP contribution in [-0.4, -0.2) is 15.1 Å². The number of aromatic nitrogens is 2. The van der Waals surface area contributed by atoms with Gasteiger partial charge in [0, 0.05) is 12.7 Å². The van der Waals surface area contributed by atoms with Crippen LogP contribution in [0.1, 0.15) is 11.3 Å². The number of hydrogen-bond donors (Lipinski definition) is 2. The predicted molar refractivity (Wildman–Crippen MR) is 62.4 cm³/mol. The molecule has 1 aromatic heterocycles. The molecule has 3 N–H and O–H groups in total. The summed E-state index contributed by atoms with van der Waals surface area (Å²) in [5.41, 5.74) is 6.97. The third-order valence-electron chi connectivity index (χ3n) is 2.19. The molecule has 0 atom stereocenters. The number of nitrogens with two attached hydrogens (primary N) is 1. The number of hydrogen-bond acceptors (Lipinski definition) is 5. The lowest BCUT2D eigenvalue weighted by molar-refractivity contribution is 0.281. The Morgan fingerprint density at radius 3 is 2.94 bits per heavy atom. The molecule has 0 bridgehead atoms. The van der Waals surface area contributed by atoms with E-state index in [4.69, 9.17) is 15.6 Å². The topological polar surface area (TPSA) is 81.3 Å². The fraction of sp³-hybridized carbons (Fsp3) is 0.167. The molecule has 0 aliphatic heterocycles. The van der Waals surface area contributed by atoms with E-state index in [9.17, 15) is 0 Å². The first-order chi connectivity index (χ1) is 8.31. The van der Waals surface area contributed by atoms with Gasteiger partial charge in [-0.3, -0.25) is 0 Å². The lowest BCUT2D eigenvalue weighted by Crippen LogP contribution is -2.01. The van der Waals surface area contributed by atoms with E-state index in [2.05, 4.69) is 9.97 Å². The zero-order chi connectivity index (χ0) is 12.1. The van der Waals surface area contributed by atoms with Crippen LogP contribution >= 0.6 is 0 Å². The molecule has 5 heteroatoms. The summed E-state index contributed by atoms with van der Waals surface area (Å²) in [5.74, 6) is 0.589. The lowest BCUT2D eigenvalue weighted by atomic mass is 10.2. The number of nitrogens with zero attached hydrogens (tertiary/aromatic N) is 2. The van der Waals surface area contributed by atoms with Gasteiger partial charge in [-0.25, -0.2) is 4.98 Å². The van der Waals surface area contributed by atoms with Gasteiger partial charge in [0.15, 0.2) is 0 Å². The van der Waals surface area contributed by atoms with Crippen LogP contribution in [0.2, 0.25) is 0 Å². The second-order valence-electron chi connectivity index (χ2n) is 3.44. The molecule has 0 unspecified atom stereocenters. The molecule has 0 fully saturated rings. The van der Waals surface area contributed by atoms with Crippen molar-refractivity contribution in [1.29, 1.82) is 0 Å². The van der Waals surface area contributed by atoms with Crippen LogP contribution in [0.3, 0.4) is 0 Å². The molecule has 1 aromatic carbocycles. The quantitative estimate of drug-likeness (QED) is 0.826. The van der Waals surface area contributed by atoms with E-state index < -0.39 is 0 Å². The van der Waals surface area contributed by atoms with Crippen LogP contribution in [0.4, 0.5) is 0 Å². The molecule has 0 saturated carbocycles. The van der Waals surface area contributed by atoms with Gasteiger partial charge in [0.05, 0.1) is 12.3 Å². The Kier molecular flexibility index (Phi) is 3.64. The summed E-state index contributed by atoms with van der Waals surface area (Å²) in [6.07, 6.45) is 1.60. The Labute approximate surface area is 98.9 Å². The van der Waals surface area contributed by atoms with Crippen molar-refractivity contribution in [2.45, 2.75) is 13.2 Å². The van der Waals surface area contributed by atoms with Crippen molar-refractivity contribution in [2.75, 3.05) is 0 Å².